The smallest absolute Gasteiger partial charge is 0.206 e. The molecule has 0 aliphatic rings. The summed E-state index contributed by atoms with van der Waals surface area (Å²) in [4.78, 5) is 0.151. The summed E-state index contributed by atoms with van der Waals surface area (Å²) in [6.07, 6.45) is 3.09. The maximum atomic E-state index is 13.6. The Labute approximate surface area is 156 Å². The molecule has 0 saturated heterocycles. The summed E-state index contributed by atoms with van der Waals surface area (Å²) in [7, 11) is -3.76. The Morgan fingerprint density at radius 2 is 1.59 bits per heavy atom. The van der Waals surface area contributed by atoms with Crippen molar-refractivity contribution in [3.05, 3.63) is 95.1 Å². The molecule has 3 nitrogen and oxygen atoms in total. The van der Waals surface area contributed by atoms with Crippen LogP contribution in [-0.4, -0.2) is 13.5 Å². The lowest BCUT2D eigenvalue weighted by molar-refractivity contribution is 0.278. The fourth-order valence-electron chi connectivity index (χ4n) is 2.60. The molecule has 0 aromatic heterocycles. The molecule has 1 N–H and O–H groups in total. The van der Waals surface area contributed by atoms with E-state index in [0.717, 1.165) is 12.1 Å². The first-order chi connectivity index (χ1) is 12.9. The van der Waals surface area contributed by atoms with Crippen LogP contribution in [0.2, 0.25) is 0 Å². The molecule has 0 unspecified atom stereocenters. The summed E-state index contributed by atoms with van der Waals surface area (Å²) in [6.45, 7) is -0.376. The highest BCUT2D eigenvalue weighted by atomic mass is 32.2. The molecule has 27 heavy (non-hydrogen) atoms. The Kier molecular flexibility index (Phi) is 5.48. The van der Waals surface area contributed by atoms with Crippen LogP contribution in [0.3, 0.4) is 0 Å². The molecular formula is C21H16F2O3S. The van der Waals surface area contributed by atoms with E-state index in [1.54, 1.807) is 36.4 Å². The zero-order chi connectivity index (χ0) is 19.4. The van der Waals surface area contributed by atoms with E-state index in [-0.39, 0.29) is 22.0 Å². The third-order valence-electron chi connectivity index (χ3n) is 4.04. The average molecular weight is 386 g/mol. The van der Waals surface area contributed by atoms with Crippen molar-refractivity contribution in [3.63, 3.8) is 0 Å². The molecule has 0 bridgehead atoms. The van der Waals surface area contributed by atoms with Crippen molar-refractivity contribution in [2.75, 3.05) is 0 Å². The van der Waals surface area contributed by atoms with Gasteiger partial charge in [-0.1, -0.05) is 42.5 Å². The third-order valence-corrected chi connectivity index (χ3v) is 5.91. The highest BCUT2D eigenvalue weighted by Gasteiger charge is 2.20. The predicted octanol–water partition coefficient (Wildman–Crippen LogP) is 4.46. The van der Waals surface area contributed by atoms with E-state index >= 15 is 0 Å². The third kappa shape index (κ3) is 4.13. The first-order valence-electron chi connectivity index (χ1n) is 8.09. The van der Waals surface area contributed by atoms with E-state index < -0.39 is 21.5 Å². The van der Waals surface area contributed by atoms with Crippen LogP contribution in [0.15, 0.2) is 76.5 Å². The van der Waals surface area contributed by atoms with Gasteiger partial charge < -0.3 is 5.11 Å². The predicted molar refractivity (Wildman–Crippen MR) is 99.5 cm³/mol. The van der Waals surface area contributed by atoms with Crippen molar-refractivity contribution in [1.29, 1.82) is 0 Å². The largest absolute Gasteiger partial charge is 0.392 e. The number of halogens is 2. The van der Waals surface area contributed by atoms with Crippen LogP contribution in [0.1, 0.15) is 16.7 Å². The van der Waals surface area contributed by atoms with Gasteiger partial charge >= 0.3 is 0 Å². The molecule has 3 rings (SSSR count). The maximum Gasteiger partial charge on any atom is 0.206 e. The second kappa shape index (κ2) is 7.82. The van der Waals surface area contributed by atoms with Gasteiger partial charge in [-0.2, -0.15) is 0 Å². The number of benzene rings is 3. The molecule has 0 fully saturated rings. The highest BCUT2D eigenvalue weighted by molar-refractivity contribution is 7.91. The van der Waals surface area contributed by atoms with Crippen molar-refractivity contribution in [2.45, 2.75) is 16.4 Å². The highest BCUT2D eigenvalue weighted by Crippen LogP contribution is 2.25. The quantitative estimate of drug-likeness (QED) is 0.659. The summed E-state index contributed by atoms with van der Waals surface area (Å²) in [5.74, 6) is -1.33. The van der Waals surface area contributed by atoms with Crippen LogP contribution in [0.5, 0.6) is 0 Å². The Morgan fingerprint density at radius 1 is 0.889 bits per heavy atom. The number of hydrogen-bond acceptors (Lipinski definition) is 3. The molecule has 0 spiro atoms. The SMILES string of the molecule is O=S(=O)(c1ccc(C=Cc2ccc(F)cc2F)cc1)c1ccccc1CO. The molecule has 3 aromatic rings. The summed E-state index contributed by atoms with van der Waals surface area (Å²) in [5.41, 5.74) is 1.21. The summed E-state index contributed by atoms with van der Waals surface area (Å²) < 4.78 is 52.1. The van der Waals surface area contributed by atoms with Crippen LogP contribution >= 0.6 is 0 Å². The van der Waals surface area contributed by atoms with Crippen molar-refractivity contribution in [3.8, 4) is 0 Å². The van der Waals surface area contributed by atoms with E-state index in [1.807, 2.05) is 0 Å². The molecule has 0 atom stereocenters. The second-order valence-electron chi connectivity index (χ2n) is 5.84. The van der Waals surface area contributed by atoms with Gasteiger partial charge in [0.25, 0.3) is 0 Å². The molecular weight excluding hydrogens is 370 g/mol. The van der Waals surface area contributed by atoms with Crippen molar-refractivity contribution in [1.82, 2.24) is 0 Å². The monoisotopic (exact) mass is 386 g/mol. The average Bonchev–Trinajstić information content (AvgIpc) is 2.67. The fraction of sp³-hybridized carbons (Fsp3) is 0.0476. The van der Waals surface area contributed by atoms with Gasteiger partial charge in [-0.05, 0) is 41.5 Å². The number of aliphatic hydroxyl groups is 1. The van der Waals surface area contributed by atoms with Crippen LogP contribution < -0.4 is 0 Å². The van der Waals surface area contributed by atoms with Gasteiger partial charge in [0, 0.05) is 11.6 Å². The van der Waals surface area contributed by atoms with Gasteiger partial charge in [-0.15, -0.1) is 0 Å². The van der Waals surface area contributed by atoms with Gasteiger partial charge in [0.05, 0.1) is 16.4 Å². The topological polar surface area (TPSA) is 54.4 Å². The summed E-state index contributed by atoms with van der Waals surface area (Å²) in [6, 6.07) is 15.6. The normalized spacial score (nSPS) is 11.8. The van der Waals surface area contributed by atoms with Crippen LogP contribution in [0.25, 0.3) is 12.2 Å². The Balaban J connectivity index is 1.88. The first kappa shape index (κ1) is 18.9. The standard InChI is InChI=1S/C21H16F2O3S/c22-18-10-9-16(20(23)13-18)8-5-15-6-11-19(12-7-15)27(25,26)21-4-2-1-3-17(21)14-24/h1-13,24H,14H2. The molecule has 0 aliphatic carbocycles. The second-order valence-corrected chi connectivity index (χ2v) is 7.76. The number of aliphatic hydroxyl groups excluding tert-OH is 1. The Morgan fingerprint density at radius 3 is 2.26 bits per heavy atom. The number of hydrogen-bond donors (Lipinski definition) is 1. The van der Waals surface area contributed by atoms with Gasteiger partial charge in [0.1, 0.15) is 11.6 Å². The molecule has 0 amide bonds. The van der Waals surface area contributed by atoms with Crippen molar-refractivity contribution < 1.29 is 22.3 Å². The van der Waals surface area contributed by atoms with Gasteiger partial charge in [-0.3, -0.25) is 0 Å². The van der Waals surface area contributed by atoms with Gasteiger partial charge in [0.15, 0.2) is 0 Å². The Bertz CT molecular complexity index is 1090. The lowest BCUT2D eigenvalue weighted by Gasteiger charge is -2.09. The summed E-state index contributed by atoms with van der Waals surface area (Å²) in [5, 5.41) is 9.36. The first-order valence-corrected chi connectivity index (χ1v) is 9.57. The van der Waals surface area contributed by atoms with Crippen LogP contribution in [-0.2, 0) is 16.4 Å². The molecule has 138 valence electrons. The minimum absolute atomic E-state index is 0.0594. The van der Waals surface area contributed by atoms with Crippen molar-refractivity contribution in [2.24, 2.45) is 0 Å². The summed E-state index contributed by atoms with van der Waals surface area (Å²) >= 11 is 0. The van der Waals surface area contributed by atoms with Crippen LogP contribution in [0, 0.1) is 11.6 Å². The molecule has 6 heteroatoms. The minimum Gasteiger partial charge on any atom is -0.392 e. The lowest BCUT2D eigenvalue weighted by atomic mass is 10.1. The van der Waals surface area contributed by atoms with E-state index in [0.29, 0.717) is 11.1 Å². The zero-order valence-corrected chi connectivity index (χ0v) is 15.0. The van der Waals surface area contributed by atoms with Gasteiger partial charge in [0.2, 0.25) is 9.84 Å². The number of sulfone groups is 1. The minimum atomic E-state index is -3.76. The molecule has 0 heterocycles. The molecule has 0 saturated carbocycles. The molecule has 0 radical (unpaired) electrons. The van der Waals surface area contributed by atoms with Gasteiger partial charge in [-0.25, -0.2) is 17.2 Å². The van der Waals surface area contributed by atoms with Crippen LogP contribution in [0.4, 0.5) is 8.78 Å². The Hall–Kier alpha value is -2.83. The lowest BCUT2D eigenvalue weighted by Crippen LogP contribution is -2.05. The molecule has 0 aliphatic heterocycles. The van der Waals surface area contributed by atoms with E-state index in [9.17, 15) is 22.3 Å². The fourth-order valence-corrected chi connectivity index (χ4v) is 4.09. The zero-order valence-electron chi connectivity index (χ0n) is 14.1. The van der Waals surface area contributed by atoms with E-state index in [1.165, 1.54) is 30.3 Å². The molecule has 3 aromatic carbocycles. The van der Waals surface area contributed by atoms with E-state index in [4.69, 9.17) is 0 Å². The number of rotatable bonds is 5. The van der Waals surface area contributed by atoms with E-state index in [2.05, 4.69) is 0 Å². The maximum absolute atomic E-state index is 13.6. The van der Waals surface area contributed by atoms with Crippen molar-refractivity contribution >= 4 is 22.0 Å².